The molecule has 0 atom stereocenters. The van der Waals surface area contributed by atoms with Gasteiger partial charge in [-0.25, -0.2) is 0 Å². The van der Waals surface area contributed by atoms with Crippen LogP contribution in [0.2, 0.25) is 0 Å². The minimum atomic E-state index is 0. The molecular weight excluding hydrogens is 348 g/mol. The maximum Gasteiger partial charge on any atom is 2.00 e. The summed E-state index contributed by atoms with van der Waals surface area (Å²) in [6.07, 6.45) is 0. The summed E-state index contributed by atoms with van der Waals surface area (Å²) in [5.74, 6) is 0. The average Bonchev–Trinajstić information content (AvgIpc) is 2.45. The van der Waals surface area contributed by atoms with Crippen molar-refractivity contribution in [2.24, 2.45) is 0 Å². The normalized spacial score (nSPS) is 8.05. The molecule has 21 heavy (non-hydrogen) atoms. The predicted molar refractivity (Wildman–Crippen MR) is 83.3 cm³/mol. The molecule has 0 bridgehead atoms. The van der Waals surface area contributed by atoms with Crippen LogP contribution < -0.4 is 17.0 Å². The van der Waals surface area contributed by atoms with Crippen LogP contribution in [0.15, 0.2) is 24.3 Å². The SMILES string of the molecule is COCCOC.COCCOC.Cc1cc[c-]cc1.[Br-].[Mg+2]. The van der Waals surface area contributed by atoms with Crippen molar-refractivity contribution in [3.8, 4) is 0 Å². The van der Waals surface area contributed by atoms with E-state index in [-0.39, 0.29) is 40.0 Å². The molecule has 0 saturated heterocycles. The van der Waals surface area contributed by atoms with Gasteiger partial charge in [-0.15, -0.1) is 0 Å². The number of methoxy groups -OCH3 is 4. The number of rotatable bonds is 6. The van der Waals surface area contributed by atoms with Crippen LogP contribution in [0.1, 0.15) is 5.56 Å². The third kappa shape index (κ3) is 33.2. The zero-order valence-corrected chi connectivity index (χ0v) is 16.9. The van der Waals surface area contributed by atoms with Crippen molar-refractivity contribution in [3.05, 3.63) is 35.9 Å². The van der Waals surface area contributed by atoms with Gasteiger partial charge in [-0.2, -0.15) is 35.9 Å². The second-order valence-electron chi connectivity index (χ2n) is 3.55. The van der Waals surface area contributed by atoms with Gasteiger partial charge in [0.1, 0.15) is 0 Å². The first kappa shape index (κ1) is 29.3. The molecule has 4 nitrogen and oxygen atoms in total. The van der Waals surface area contributed by atoms with Gasteiger partial charge in [-0.05, 0) is 0 Å². The van der Waals surface area contributed by atoms with Crippen molar-refractivity contribution in [1.29, 1.82) is 0 Å². The number of ether oxygens (including phenoxy) is 4. The summed E-state index contributed by atoms with van der Waals surface area (Å²) in [5.41, 5.74) is 1.29. The van der Waals surface area contributed by atoms with E-state index in [2.05, 4.69) is 31.9 Å². The zero-order chi connectivity index (χ0) is 14.8. The summed E-state index contributed by atoms with van der Waals surface area (Å²) in [6.45, 7) is 4.83. The van der Waals surface area contributed by atoms with Crippen LogP contribution >= 0.6 is 0 Å². The topological polar surface area (TPSA) is 36.9 Å². The summed E-state index contributed by atoms with van der Waals surface area (Å²) in [7, 11) is 6.61. The Bertz CT molecular complexity index is 235. The van der Waals surface area contributed by atoms with Gasteiger partial charge in [-0.3, -0.25) is 0 Å². The summed E-state index contributed by atoms with van der Waals surface area (Å²) < 4.78 is 18.6. The maximum absolute atomic E-state index is 4.66. The predicted octanol–water partition coefficient (Wildman–Crippen LogP) is -1.02. The second kappa shape index (κ2) is 28.5. The number of halogens is 1. The number of hydrogen-bond acceptors (Lipinski definition) is 4. The Balaban J connectivity index is -0.0000000992. The monoisotopic (exact) mass is 374 g/mol. The Kier molecular flexibility index (Phi) is 39.8. The molecule has 0 heterocycles. The second-order valence-corrected chi connectivity index (χ2v) is 3.55. The molecule has 0 amide bonds. The van der Waals surface area contributed by atoms with Crippen LogP contribution in [0, 0.1) is 13.0 Å². The van der Waals surface area contributed by atoms with E-state index in [0.717, 1.165) is 0 Å². The number of aryl methyl sites for hydroxylation is 1. The van der Waals surface area contributed by atoms with Crippen LogP contribution in [0.3, 0.4) is 0 Å². The maximum atomic E-state index is 4.66. The average molecular weight is 376 g/mol. The zero-order valence-electron chi connectivity index (χ0n) is 13.9. The molecule has 0 fully saturated rings. The Morgan fingerprint density at radius 1 is 0.762 bits per heavy atom. The van der Waals surface area contributed by atoms with E-state index in [1.54, 1.807) is 28.4 Å². The molecule has 0 aliphatic carbocycles. The van der Waals surface area contributed by atoms with E-state index < -0.39 is 0 Å². The van der Waals surface area contributed by atoms with Crippen LogP contribution in [-0.4, -0.2) is 77.9 Å². The van der Waals surface area contributed by atoms with Gasteiger partial charge >= 0.3 is 23.1 Å². The molecule has 0 radical (unpaired) electrons. The fraction of sp³-hybridized carbons (Fsp3) is 0.600. The van der Waals surface area contributed by atoms with Crippen LogP contribution in [0.25, 0.3) is 0 Å². The quantitative estimate of drug-likeness (QED) is 0.362. The summed E-state index contributed by atoms with van der Waals surface area (Å²) >= 11 is 0. The molecule has 0 saturated carbocycles. The van der Waals surface area contributed by atoms with E-state index in [9.17, 15) is 0 Å². The van der Waals surface area contributed by atoms with Gasteiger partial charge in [0.2, 0.25) is 0 Å². The summed E-state index contributed by atoms with van der Waals surface area (Å²) in [5, 5.41) is 0. The summed E-state index contributed by atoms with van der Waals surface area (Å²) in [6, 6.07) is 10.8. The number of benzene rings is 1. The molecule has 0 aliphatic rings. The van der Waals surface area contributed by atoms with Crippen molar-refractivity contribution in [1.82, 2.24) is 0 Å². The van der Waals surface area contributed by atoms with E-state index in [1.165, 1.54) is 5.56 Å². The van der Waals surface area contributed by atoms with Crippen molar-refractivity contribution in [2.45, 2.75) is 6.92 Å². The van der Waals surface area contributed by atoms with Gasteiger partial charge in [0.25, 0.3) is 0 Å². The third-order valence-corrected chi connectivity index (χ3v) is 1.87. The Morgan fingerprint density at radius 3 is 1.19 bits per heavy atom. The van der Waals surface area contributed by atoms with Crippen molar-refractivity contribution in [2.75, 3.05) is 54.9 Å². The molecule has 0 aromatic heterocycles. The molecule has 0 unspecified atom stereocenters. The Hall–Kier alpha value is 0.306. The Labute approximate surface area is 156 Å². The molecular formula is C15H27BrMgO4. The van der Waals surface area contributed by atoms with Gasteiger partial charge in [0.15, 0.2) is 0 Å². The number of hydrogen-bond donors (Lipinski definition) is 0. The van der Waals surface area contributed by atoms with Crippen LogP contribution in [0.4, 0.5) is 0 Å². The molecule has 6 heteroatoms. The van der Waals surface area contributed by atoms with Gasteiger partial charge < -0.3 is 35.9 Å². The summed E-state index contributed by atoms with van der Waals surface area (Å²) in [4.78, 5) is 0. The first-order valence-corrected chi connectivity index (χ1v) is 6.11. The van der Waals surface area contributed by atoms with Crippen molar-refractivity contribution in [3.63, 3.8) is 0 Å². The fourth-order valence-electron chi connectivity index (χ4n) is 0.804. The minimum absolute atomic E-state index is 0. The molecule has 0 aliphatic heterocycles. The standard InChI is InChI=1S/C7H7.2C4H10O2.BrH.Mg/c1-7-5-3-2-4-6-7;2*1-5-3-4-6-2;;/h3-6H,1H3;2*3-4H2,1-2H3;1H;/q-1;;;;+2/p-1. The first-order valence-electron chi connectivity index (χ1n) is 6.11. The van der Waals surface area contributed by atoms with Gasteiger partial charge in [0, 0.05) is 28.4 Å². The molecule has 0 spiro atoms. The van der Waals surface area contributed by atoms with Gasteiger partial charge in [-0.1, -0.05) is 6.92 Å². The Morgan fingerprint density at radius 2 is 1.05 bits per heavy atom. The van der Waals surface area contributed by atoms with Crippen molar-refractivity contribution < 1.29 is 35.9 Å². The van der Waals surface area contributed by atoms with E-state index in [0.29, 0.717) is 26.4 Å². The fourth-order valence-corrected chi connectivity index (χ4v) is 0.804. The molecule has 120 valence electrons. The van der Waals surface area contributed by atoms with E-state index >= 15 is 0 Å². The molecule has 1 rings (SSSR count). The third-order valence-electron chi connectivity index (χ3n) is 1.87. The minimum Gasteiger partial charge on any atom is -1.00 e. The largest absolute Gasteiger partial charge is 2.00 e. The van der Waals surface area contributed by atoms with E-state index in [4.69, 9.17) is 0 Å². The van der Waals surface area contributed by atoms with Gasteiger partial charge in [0.05, 0.1) is 26.4 Å². The molecule has 1 aromatic carbocycles. The van der Waals surface area contributed by atoms with Crippen LogP contribution in [0.5, 0.6) is 0 Å². The van der Waals surface area contributed by atoms with Crippen molar-refractivity contribution >= 4 is 23.1 Å². The van der Waals surface area contributed by atoms with E-state index in [1.807, 2.05) is 24.3 Å². The molecule has 0 N–H and O–H groups in total. The smallest absolute Gasteiger partial charge is 1.00 e. The molecule has 1 aromatic rings. The van der Waals surface area contributed by atoms with Crippen LogP contribution in [-0.2, 0) is 18.9 Å². The first-order chi connectivity index (χ1) is 9.22.